The quantitative estimate of drug-likeness (QED) is 0.279. The molecular weight excluding hydrogens is 486 g/mol. The smallest absolute Gasteiger partial charge is 0.321 e. The first-order chi connectivity index (χ1) is 14.3. The second kappa shape index (κ2) is 9.28. The fourth-order valence-corrected chi connectivity index (χ4v) is 5.15. The van der Waals surface area contributed by atoms with Gasteiger partial charge in [0.05, 0.1) is 17.8 Å². The van der Waals surface area contributed by atoms with Gasteiger partial charge in [-0.15, -0.1) is 10.2 Å². The minimum Gasteiger partial charge on any atom is -0.468 e. The lowest BCUT2D eigenvalue weighted by Crippen LogP contribution is -2.29. The third-order valence-corrected chi connectivity index (χ3v) is 6.78. The van der Waals surface area contributed by atoms with Crippen LogP contribution in [0.25, 0.3) is 16.5 Å². The van der Waals surface area contributed by atoms with E-state index < -0.39 is 4.75 Å². The number of benzene rings is 2. The van der Waals surface area contributed by atoms with Gasteiger partial charge in [-0.2, -0.15) is 0 Å². The molecule has 1 aliphatic carbocycles. The van der Waals surface area contributed by atoms with Crippen LogP contribution in [0.2, 0.25) is 5.02 Å². The Labute approximate surface area is 194 Å². The molecule has 0 unspecified atom stereocenters. The van der Waals surface area contributed by atoms with Crippen LogP contribution in [0.4, 0.5) is 0 Å². The first-order valence-electron chi connectivity index (χ1n) is 9.93. The summed E-state index contributed by atoms with van der Waals surface area (Å²) in [6.07, 6.45) is 2.40. The summed E-state index contributed by atoms with van der Waals surface area (Å²) in [6, 6.07) is 10.3. The number of nitrogens with zero attached hydrogens (tertiary/aromatic N) is 3. The van der Waals surface area contributed by atoms with E-state index in [4.69, 9.17) is 16.3 Å². The monoisotopic (exact) mass is 509 g/mol. The summed E-state index contributed by atoms with van der Waals surface area (Å²) in [5.74, 6) is 0.246. The summed E-state index contributed by atoms with van der Waals surface area (Å²) in [4.78, 5) is 12.2. The Morgan fingerprint density at radius 1 is 1.23 bits per heavy atom. The summed E-state index contributed by atoms with van der Waals surface area (Å²) in [6.45, 7) is 7.60. The maximum absolute atomic E-state index is 12.2. The molecule has 0 saturated heterocycles. The Morgan fingerprint density at radius 3 is 2.47 bits per heavy atom. The van der Waals surface area contributed by atoms with Gasteiger partial charge in [0.1, 0.15) is 4.75 Å². The van der Waals surface area contributed by atoms with Crippen LogP contribution in [0.15, 0.2) is 40.2 Å². The van der Waals surface area contributed by atoms with E-state index >= 15 is 0 Å². The maximum Gasteiger partial charge on any atom is 0.321 e. The van der Waals surface area contributed by atoms with Gasteiger partial charge in [0, 0.05) is 5.39 Å². The standard InChI is InChI=1S/C20H19BrClN3O2S.C2H6/c1-20(2,17(26)27-3)28-19-24-23-18(21)25(19)16-13-7-5-4-6-12(13)14(10-15(16)22)11-8-9-11;1-2/h4-7,10-11H,8-9H2,1-3H3;1-2H3. The van der Waals surface area contributed by atoms with Gasteiger partial charge in [-0.1, -0.05) is 61.5 Å². The average molecular weight is 511 g/mol. The lowest BCUT2D eigenvalue weighted by atomic mass is 9.99. The highest BCUT2D eigenvalue weighted by atomic mass is 79.9. The van der Waals surface area contributed by atoms with Crippen molar-refractivity contribution in [1.82, 2.24) is 14.8 Å². The molecule has 0 N–H and O–H groups in total. The lowest BCUT2D eigenvalue weighted by molar-refractivity contribution is -0.142. The molecule has 30 heavy (non-hydrogen) atoms. The van der Waals surface area contributed by atoms with Crippen molar-refractivity contribution in [3.63, 3.8) is 0 Å². The molecule has 1 fully saturated rings. The number of carbonyl (C=O) groups is 1. The van der Waals surface area contributed by atoms with Crippen molar-refractivity contribution in [2.75, 3.05) is 7.11 Å². The molecule has 2 aromatic carbocycles. The zero-order valence-electron chi connectivity index (χ0n) is 17.7. The van der Waals surface area contributed by atoms with Gasteiger partial charge in [0.25, 0.3) is 0 Å². The van der Waals surface area contributed by atoms with E-state index in [-0.39, 0.29) is 5.97 Å². The van der Waals surface area contributed by atoms with Crippen LogP contribution in [0.5, 0.6) is 0 Å². The molecule has 1 heterocycles. The molecule has 0 radical (unpaired) electrons. The second-order valence-corrected chi connectivity index (χ2v) is 10.0. The van der Waals surface area contributed by atoms with Gasteiger partial charge in [-0.05, 0) is 65.6 Å². The zero-order valence-corrected chi connectivity index (χ0v) is 20.9. The summed E-state index contributed by atoms with van der Waals surface area (Å²) in [5, 5.41) is 11.9. The maximum atomic E-state index is 12.2. The molecule has 1 aliphatic rings. The van der Waals surface area contributed by atoms with Crippen LogP contribution in [0.1, 0.15) is 52.0 Å². The minimum absolute atomic E-state index is 0.330. The molecular formula is C22H25BrClN3O2S. The lowest BCUT2D eigenvalue weighted by Gasteiger charge is -2.21. The number of aromatic nitrogens is 3. The van der Waals surface area contributed by atoms with Crippen molar-refractivity contribution < 1.29 is 9.53 Å². The van der Waals surface area contributed by atoms with E-state index in [1.54, 1.807) is 13.8 Å². The number of methoxy groups -OCH3 is 1. The predicted molar refractivity (Wildman–Crippen MR) is 127 cm³/mol. The number of rotatable bonds is 5. The molecule has 0 bridgehead atoms. The van der Waals surface area contributed by atoms with Crippen LogP contribution in [0.3, 0.4) is 0 Å². The van der Waals surface area contributed by atoms with Crippen molar-refractivity contribution >= 4 is 56.0 Å². The third kappa shape index (κ3) is 4.39. The van der Waals surface area contributed by atoms with E-state index in [0.717, 1.165) is 11.1 Å². The first-order valence-corrected chi connectivity index (χ1v) is 11.9. The van der Waals surface area contributed by atoms with E-state index in [9.17, 15) is 4.79 Å². The molecule has 3 aromatic rings. The highest BCUT2D eigenvalue weighted by Gasteiger charge is 2.34. The number of hydrogen-bond acceptors (Lipinski definition) is 5. The molecule has 160 valence electrons. The van der Waals surface area contributed by atoms with Crippen molar-refractivity contribution in [2.24, 2.45) is 0 Å². The van der Waals surface area contributed by atoms with E-state index in [1.165, 1.54) is 42.7 Å². The SMILES string of the molecule is CC.COC(=O)C(C)(C)Sc1nnc(Br)n1-c1c(Cl)cc(C2CC2)c2ccccc12. The molecule has 1 saturated carbocycles. The van der Waals surface area contributed by atoms with Crippen molar-refractivity contribution in [3.05, 3.63) is 45.7 Å². The number of halogens is 2. The molecule has 4 rings (SSSR count). The number of carbonyl (C=O) groups excluding carboxylic acids is 1. The molecule has 0 aliphatic heterocycles. The highest BCUT2D eigenvalue weighted by molar-refractivity contribution is 9.10. The fraction of sp³-hybridized carbons (Fsp3) is 0.409. The molecule has 1 aromatic heterocycles. The van der Waals surface area contributed by atoms with Gasteiger partial charge < -0.3 is 4.74 Å². The Hall–Kier alpha value is -1.57. The Bertz CT molecular complexity index is 1080. The van der Waals surface area contributed by atoms with E-state index in [2.05, 4.69) is 44.3 Å². The van der Waals surface area contributed by atoms with Crippen molar-refractivity contribution in [1.29, 1.82) is 0 Å². The summed E-state index contributed by atoms with van der Waals surface area (Å²) in [5.41, 5.74) is 2.10. The zero-order chi connectivity index (χ0) is 22.1. The Balaban J connectivity index is 0.00000124. The number of hydrogen-bond donors (Lipinski definition) is 0. The second-order valence-electron chi connectivity index (χ2n) is 7.31. The Kier molecular flexibility index (Phi) is 7.15. The normalized spacial score (nSPS) is 13.7. The first kappa shape index (κ1) is 23.1. The van der Waals surface area contributed by atoms with Crippen LogP contribution in [-0.2, 0) is 9.53 Å². The van der Waals surface area contributed by atoms with Crippen LogP contribution >= 0.6 is 39.3 Å². The fourth-order valence-electron chi connectivity index (χ4n) is 3.33. The van der Waals surface area contributed by atoms with E-state index in [1.807, 2.05) is 30.5 Å². The highest BCUT2D eigenvalue weighted by Crippen LogP contribution is 2.47. The third-order valence-electron chi connectivity index (χ3n) is 4.86. The molecule has 0 spiro atoms. The summed E-state index contributed by atoms with van der Waals surface area (Å²) < 4.78 is 6.49. The number of thioether (sulfide) groups is 1. The molecule has 5 nitrogen and oxygen atoms in total. The summed E-state index contributed by atoms with van der Waals surface area (Å²) in [7, 11) is 1.38. The van der Waals surface area contributed by atoms with Crippen LogP contribution < -0.4 is 0 Å². The Morgan fingerprint density at radius 2 is 1.87 bits per heavy atom. The van der Waals surface area contributed by atoms with Gasteiger partial charge in [-0.25, -0.2) is 0 Å². The predicted octanol–water partition coefficient (Wildman–Crippen LogP) is 6.78. The van der Waals surface area contributed by atoms with Gasteiger partial charge in [-0.3, -0.25) is 9.36 Å². The van der Waals surface area contributed by atoms with Crippen LogP contribution in [-0.4, -0.2) is 32.6 Å². The van der Waals surface area contributed by atoms with E-state index in [0.29, 0.717) is 20.8 Å². The van der Waals surface area contributed by atoms with Crippen molar-refractivity contribution in [3.8, 4) is 5.69 Å². The minimum atomic E-state index is -0.824. The largest absolute Gasteiger partial charge is 0.468 e. The molecule has 8 heteroatoms. The van der Waals surface area contributed by atoms with Gasteiger partial charge in [0.2, 0.25) is 4.73 Å². The molecule has 0 amide bonds. The number of fused-ring (bicyclic) bond motifs is 1. The number of esters is 1. The average Bonchev–Trinajstić information content (AvgIpc) is 3.53. The summed E-state index contributed by atoms with van der Waals surface area (Å²) >= 11 is 11.6. The topological polar surface area (TPSA) is 57.0 Å². The van der Waals surface area contributed by atoms with Crippen LogP contribution in [0, 0.1) is 0 Å². The van der Waals surface area contributed by atoms with Crippen molar-refractivity contribution in [2.45, 2.75) is 56.4 Å². The van der Waals surface area contributed by atoms with Gasteiger partial charge in [0.15, 0.2) is 5.16 Å². The van der Waals surface area contributed by atoms with Gasteiger partial charge >= 0.3 is 5.97 Å². The molecule has 0 atom stereocenters. The number of ether oxygens (including phenoxy) is 1.